The summed E-state index contributed by atoms with van der Waals surface area (Å²) in [7, 11) is 1.70. The first kappa shape index (κ1) is 24.2. The predicted octanol–water partition coefficient (Wildman–Crippen LogP) is 4.82. The molecule has 1 aromatic carbocycles. The number of nitrogens with two attached hydrogens (primary N) is 1. The summed E-state index contributed by atoms with van der Waals surface area (Å²) in [6.07, 6.45) is -1.36. The number of hydrogen-bond acceptors (Lipinski definition) is 6. The topological polar surface area (TPSA) is 132 Å². The van der Waals surface area contributed by atoms with Gasteiger partial charge in [-0.1, -0.05) is 0 Å². The molecule has 188 valence electrons. The molecule has 9 nitrogen and oxygen atoms in total. The van der Waals surface area contributed by atoms with Gasteiger partial charge < -0.3 is 11.1 Å². The second-order valence-electron chi connectivity index (χ2n) is 8.14. The third kappa shape index (κ3) is 4.33. The summed E-state index contributed by atoms with van der Waals surface area (Å²) in [6.45, 7) is 1.76. The summed E-state index contributed by atoms with van der Waals surface area (Å²) in [5.74, 6) is -1.93. The SMILES string of the molecule is Cc1c(-c2cc(C(F)F)nc3sc(C(N)=O)c(NC(=O)c4cc(-c5ccc(F)cc5)n[nH]4)c23)cnn1C. The van der Waals surface area contributed by atoms with Gasteiger partial charge in [-0.05, 0) is 48.9 Å². The zero-order valence-corrected chi connectivity index (χ0v) is 20.2. The van der Waals surface area contributed by atoms with Crippen LogP contribution in [0.5, 0.6) is 0 Å². The Hall–Kier alpha value is -4.52. The lowest BCUT2D eigenvalue weighted by Gasteiger charge is -2.10. The van der Waals surface area contributed by atoms with E-state index in [1.54, 1.807) is 18.7 Å². The van der Waals surface area contributed by atoms with Crippen LogP contribution in [0.3, 0.4) is 0 Å². The number of carbonyl (C=O) groups excluding carboxylic acids is 2. The lowest BCUT2D eigenvalue weighted by Crippen LogP contribution is -2.17. The molecule has 0 saturated carbocycles. The largest absolute Gasteiger partial charge is 0.365 e. The third-order valence-corrected chi connectivity index (χ3v) is 6.95. The molecule has 0 bridgehead atoms. The normalized spacial score (nSPS) is 11.4. The van der Waals surface area contributed by atoms with Crippen LogP contribution < -0.4 is 11.1 Å². The van der Waals surface area contributed by atoms with Crippen molar-refractivity contribution >= 4 is 39.1 Å². The van der Waals surface area contributed by atoms with Crippen LogP contribution >= 0.6 is 11.3 Å². The minimum absolute atomic E-state index is 0.0435. The number of amides is 2. The number of benzene rings is 1. The molecule has 5 rings (SSSR count). The number of aryl methyl sites for hydroxylation is 1. The maximum Gasteiger partial charge on any atom is 0.280 e. The molecule has 0 spiro atoms. The zero-order chi connectivity index (χ0) is 26.4. The van der Waals surface area contributed by atoms with Gasteiger partial charge in [0.25, 0.3) is 18.2 Å². The summed E-state index contributed by atoms with van der Waals surface area (Å²) in [5.41, 5.74) is 7.68. The molecule has 13 heteroatoms. The lowest BCUT2D eigenvalue weighted by atomic mass is 10.0. The number of nitrogens with one attached hydrogen (secondary N) is 2. The van der Waals surface area contributed by atoms with Crippen molar-refractivity contribution in [2.45, 2.75) is 13.3 Å². The fourth-order valence-electron chi connectivity index (χ4n) is 3.88. The van der Waals surface area contributed by atoms with Crippen LogP contribution in [0.2, 0.25) is 0 Å². The number of alkyl halides is 2. The van der Waals surface area contributed by atoms with E-state index in [1.165, 1.54) is 42.6 Å². The van der Waals surface area contributed by atoms with Crippen LogP contribution in [0.15, 0.2) is 42.6 Å². The van der Waals surface area contributed by atoms with Gasteiger partial charge in [-0.2, -0.15) is 10.2 Å². The molecule has 4 heterocycles. The Morgan fingerprint density at radius 2 is 1.89 bits per heavy atom. The first-order valence-corrected chi connectivity index (χ1v) is 11.6. The molecule has 0 atom stereocenters. The van der Waals surface area contributed by atoms with Crippen LogP contribution in [-0.2, 0) is 7.05 Å². The van der Waals surface area contributed by atoms with Crippen LogP contribution in [0, 0.1) is 12.7 Å². The molecule has 4 aromatic heterocycles. The molecular formula is C24H18F3N7O2S. The van der Waals surface area contributed by atoms with E-state index in [4.69, 9.17) is 5.73 Å². The number of aromatic amines is 1. The van der Waals surface area contributed by atoms with Crippen LogP contribution in [0.25, 0.3) is 32.6 Å². The fraction of sp³-hybridized carbons (Fsp3) is 0.125. The number of fused-ring (bicyclic) bond motifs is 1. The van der Waals surface area contributed by atoms with Gasteiger partial charge in [0.15, 0.2) is 0 Å². The minimum atomic E-state index is -2.87. The molecule has 37 heavy (non-hydrogen) atoms. The van der Waals surface area contributed by atoms with Gasteiger partial charge >= 0.3 is 0 Å². The smallest absolute Gasteiger partial charge is 0.280 e. The number of nitrogens with zero attached hydrogens (tertiary/aromatic N) is 4. The number of H-pyrrole nitrogens is 1. The van der Waals surface area contributed by atoms with E-state index in [0.717, 1.165) is 11.3 Å². The molecule has 0 aliphatic rings. The molecule has 0 aliphatic carbocycles. The lowest BCUT2D eigenvalue weighted by molar-refractivity contribution is 0.100. The molecule has 4 N–H and O–H groups in total. The van der Waals surface area contributed by atoms with E-state index in [9.17, 15) is 22.8 Å². The maximum atomic E-state index is 13.7. The van der Waals surface area contributed by atoms with Crippen LogP contribution in [0.4, 0.5) is 18.9 Å². The summed E-state index contributed by atoms with van der Waals surface area (Å²) in [5, 5.41) is 13.9. The van der Waals surface area contributed by atoms with Crippen LogP contribution in [0.1, 0.15) is 38.0 Å². The first-order valence-electron chi connectivity index (χ1n) is 10.8. The number of anilines is 1. The summed E-state index contributed by atoms with van der Waals surface area (Å²) in [6, 6.07) is 8.23. The zero-order valence-electron chi connectivity index (χ0n) is 19.3. The molecule has 0 saturated heterocycles. The molecule has 0 radical (unpaired) electrons. The fourth-order valence-corrected chi connectivity index (χ4v) is 4.90. The highest BCUT2D eigenvalue weighted by Gasteiger charge is 2.26. The van der Waals surface area contributed by atoms with E-state index in [1.807, 2.05) is 0 Å². The van der Waals surface area contributed by atoms with E-state index in [2.05, 4.69) is 25.6 Å². The van der Waals surface area contributed by atoms with Crippen molar-refractivity contribution in [3.05, 3.63) is 70.4 Å². The Morgan fingerprint density at radius 1 is 1.16 bits per heavy atom. The maximum absolute atomic E-state index is 13.7. The Labute approximate surface area is 211 Å². The molecule has 0 fully saturated rings. The number of aromatic nitrogens is 5. The van der Waals surface area contributed by atoms with E-state index in [-0.39, 0.29) is 26.5 Å². The number of pyridine rings is 1. The number of halogens is 3. The highest BCUT2D eigenvalue weighted by molar-refractivity contribution is 7.21. The molecule has 2 amide bonds. The van der Waals surface area contributed by atoms with Crippen molar-refractivity contribution < 1.29 is 22.8 Å². The van der Waals surface area contributed by atoms with Crippen molar-refractivity contribution in [1.82, 2.24) is 25.0 Å². The summed E-state index contributed by atoms with van der Waals surface area (Å²) < 4.78 is 42.2. The Balaban J connectivity index is 1.63. The third-order valence-electron chi connectivity index (χ3n) is 5.86. The van der Waals surface area contributed by atoms with Gasteiger partial charge in [-0.15, -0.1) is 11.3 Å². The van der Waals surface area contributed by atoms with Crippen molar-refractivity contribution in [1.29, 1.82) is 0 Å². The predicted molar refractivity (Wildman–Crippen MR) is 132 cm³/mol. The van der Waals surface area contributed by atoms with Crippen molar-refractivity contribution in [3.63, 3.8) is 0 Å². The van der Waals surface area contributed by atoms with E-state index in [0.29, 0.717) is 28.1 Å². The number of carbonyl (C=O) groups is 2. The first-order chi connectivity index (χ1) is 17.6. The van der Waals surface area contributed by atoms with Gasteiger partial charge in [-0.25, -0.2) is 18.2 Å². The molecule has 0 unspecified atom stereocenters. The highest BCUT2D eigenvalue weighted by atomic mass is 32.1. The van der Waals surface area contributed by atoms with Gasteiger partial charge in [0.2, 0.25) is 0 Å². The molecule has 0 aliphatic heterocycles. The summed E-state index contributed by atoms with van der Waals surface area (Å²) >= 11 is 0.803. The highest BCUT2D eigenvalue weighted by Crippen LogP contribution is 2.43. The monoisotopic (exact) mass is 525 g/mol. The van der Waals surface area contributed by atoms with Crippen LogP contribution in [-0.4, -0.2) is 36.8 Å². The second kappa shape index (κ2) is 9.17. The number of thiophene rings is 1. The van der Waals surface area contributed by atoms with Gasteiger partial charge in [0.05, 0.1) is 17.6 Å². The Bertz CT molecular complexity index is 1670. The van der Waals surface area contributed by atoms with E-state index >= 15 is 0 Å². The Kier molecular flexibility index (Phi) is 5.99. The van der Waals surface area contributed by atoms with Gasteiger partial charge in [-0.3, -0.25) is 19.4 Å². The van der Waals surface area contributed by atoms with Crippen molar-refractivity contribution in [2.24, 2.45) is 12.8 Å². The average Bonchev–Trinajstić information content (AvgIpc) is 3.57. The second-order valence-corrected chi connectivity index (χ2v) is 9.14. The van der Waals surface area contributed by atoms with Gasteiger partial charge in [0, 0.05) is 29.3 Å². The molecular weight excluding hydrogens is 507 g/mol. The van der Waals surface area contributed by atoms with Crippen molar-refractivity contribution in [2.75, 3.05) is 5.32 Å². The number of rotatable bonds is 6. The quantitative estimate of drug-likeness (QED) is 0.292. The standard InChI is InChI=1S/C24H18F3N7O2S/c1-10-14(9-29-34(10)2)13-7-16(21(26)27)30-24-18(13)19(20(37-24)22(28)35)31-23(36)17-8-15(32-33-17)11-3-5-12(25)6-4-11/h3-9,21H,1-2H3,(H2,28,35)(H,31,36)(H,32,33). The molecule has 5 aromatic rings. The number of primary amides is 1. The number of hydrogen-bond donors (Lipinski definition) is 3. The Morgan fingerprint density at radius 3 is 2.51 bits per heavy atom. The van der Waals surface area contributed by atoms with Crippen molar-refractivity contribution in [3.8, 4) is 22.4 Å². The van der Waals surface area contributed by atoms with Gasteiger partial charge in [0.1, 0.15) is 26.9 Å². The average molecular weight is 526 g/mol. The minimum Gasteiger partial charge on any atom is -0.365 e. The van der Waals surface area contributed by atoms with E-state index < -0.39 is 29.8 Å². The summed E-state index contributed by atoms with van der Waals surface area (Å²) in [4.78, 5) is 29.6.